The molecule has 2 aromatic rings. The van der Waals surface area contributed by atoms with E-state index in [1.807, 2.05) is 7.05 Å². The highest BCUT2D eigenvalue weighted by molar-refractivity contribution is 5.86. The molecule has 1 N–H and O–H groups in total. The summed E-state index contributed by atoms with van der Waals surface area (Å²) in [6.45, 7) is 1.37. The zero-order valence-electron chi connectivity index (χ0n) is 10.1. The summed E-state index contributed by atoms with van der Waals surface area (Å²) in [6, 6.07) is 3.08. The van der Waals surface area contributed by atoms with Crippen LogP contribution in [-0.4, -0.2) is 23.6 Å². The molecule has 1 aliphatic heterocycles. The molecule has 0 spiro atoms. The predicted octanol–water partition coefficient (Wildman–Crippen LogP) is 2.47. The second kappa shape index (κ2) is 4.88. The first-order chi connectivity index (χ1) is 8.20. The predicted molar refractivity (Wildman–Crippen MR) is 69.4 cm³/mol. The molecule has 98 valence electrons. The summed E-state index contributed by atoms with van der Waals surface area (Å²) in [5.41, 5.74) is 2.32. The Hall–Kier alpha value is -1.10. The third-order valence-electron chi connectivity index (χ3n) is 3.40. The molecular weight excluding hydrogens is 257 g/mol. The van der Waals surface area contributed by atoms with Gasteiger partial charge in [0, 0.05) is 29.6 Å². The maximum atomic E-state index is 13.8. The highest BCUT2D eigenvalue weighted by Crippen LogP contribution is 2.33. The molecule has 1 aromatic heterocycles. The van der Waals surface area contributed by atoms with Crippen LogP contribution in [0.3, 0.4) is 0 Å². The van der Waals surface area contributed by atoms with Gasteiger partial charge in [0.2, 0.25) is 0 Å². The van der Waals surface area contributed by atoms with Crippen LogP contribution in [0.5, 0.6) is 0 Å². The van der Waals surface area contributed by atoms with Crippen molar-refractivity contribution in [2.75, 3.05) is 13.6 Å². The third-order valence-corrected chi connectivity index (χ3v) is 3.40. The molecule has 0 saturated heterocycles. The molecule has 0 fully saturated rings. The van der Waals surface area contributed by atoms with Crippen LogP contribution < -0.4 is 0 Å². The van der Waals surface area contributed by atoms with Gasteiger partial charge in [0.1, 0.15) is 23.8 Å². The van der Waals surface area contributed by atoms with Gasteiger partial charge >= 0.3 is 0 Å². The molecule has 0 bridgehead atoms. The van der Waals surface area contributed by atoms with Crippen LogP contribution in [0.2, 0.25) is 0 Å². The van der Waals surface area contributed by atoms with Gasteiger partial charge in [0.25, 0.3) is 0 Å². The number of nitrogens with zero attached hydrogens (tertiary/aromatic N) is 1. The topological polar surface area (TPSA) is 36.6 Å². The van der Waals surface area contributed by atoms with Gasteiger partial charge in [-0.25, -0.2) is 4.39 Å². The molecule has 0 aliphatic carbocycles. The van der Waals surface area contributed by atoms with Gasteiger partial charge in [0.15, 0.2) is 0 Å². The summed E-state index contributed by atoms with van der Waals surface area (Å²) in [6.07, 6.45) is 0.678. The SMILES string of the molecule is CN1CCc2c(F)ccc3oc(CO)c(c23)C1.Cl. The maximum Gasteiger partial charge on any atom is 0.135 e. The second-order valence-electron chi connectivity index (χ2n) is 4.55. The Balaban J connectivity index is 0.00000120. The second-order valence-corrected chi connectivity index (χ2v) is 4.55. The summed E-state index contributed by atoms with van der Waals surface area (Å²) in [5.74, 6) is 0.375. The number of aliphatic hydroxyl groups excluding tert-OH is 1. The summed E-state index contributed by atoms with van der Waals surface area (Å²) < 4.78 is 19.4. The van der Waals surface area contributed by atoms with Gasteiger partial charge in [0.05, 0.1) is 0 Å². The number of halogens is 2. The van der Waals surface area contributed by atoms with E-state index in [0.717, 1.165) is 17.5 Å². The van der Waals surface area contributed by atoms with E-state index in [9.17, 15) is 9.50 Å². The molecule has 2 heterocycles. The van der Waals surface area contributed by atoms with Crippen LogP contribution in [0, 0.1) is 5.82 Å². The van der Waals surface area contributed by atoms with E-state index in [1.165, 1.54) is 6.07 Å². The first-order valence-electron chi connectivity index (χ1n) is 5.71. The van der Waals surface area contributed by atoms with E-state index >= 15 is 0 Å². The van der Waals surface area contributed by atoms with Gasteiger partial charge < -0.3 is 14.4 Å². The van der Waals surface area contributed by atoms with Crippen molar-refractivity contribution in [3.8, 4) is 0 Å². The molecule has 0 saturated carbocycles. The molecule has 18 heavy (non-hydrogen) atoms. The minimum atomic E-state index is -0.181. The van der Waals surface area contributed by atoms with Gasteiger partial charge in [-0.15, -0.1) is 12.4 Å². The van der Waals surface area contributed by atoms with Crippen LogP contribution in [0.1, 0.15) is 16.9 Å². The van der Waals surface area contributed by atoms with E-state index in [-0.39, 0.29) is 24.8 Å². The van der Waals surface area contributed by atoms with Crippen LogP contribution >= 0.6 is 12.4 Å². The van der Waals surface area contributed by atoms with Crippen LogP contribution in [0.4, 0.5) is 4.39 Å². The zero-order valence-corrected chi connectivity index (χ0v) is 10.9. The zero-order chi connectivity index (χ0) is 12.0. The maximum absolute atomic E-state index is 13.8. The largest absolute Gasteiger partial charge is 0.458 e. The number of furan rings is 1. The Morgan fingerprint density at radius 3 is 2.89 bits per heavy atom. The average molecular weight is 272 g/mol. The third kappa shape index (κ3) is 1.90. The fourth-order valence-corrected chi connectivity index (χ4v) is 2.54. The van der Waals surface area contributed by atoms with Crippen LogP contribution in [-0.2, 0) is 19.6 Å². The number of hydrogen-bond donors (Lipinski definition) is 1. The highest BCUT2D eigenvalue weighted by atomic mass is 35.5. The quantitative estimate of drug-likeness (QED) is 0.866. The van der Waals surface area contributed by atoms with Crippen molar-refractivity contribution in [1.29, 1.82) is 0 Å². The first kappa shape index (κ1) is 13.3. The molecule has 3 nitrogen and oxygen atoms in total. The number of aliphatic hydroxyl groups is 1. The summed E-state index contributed by atoms with van der Waals surface area (Å²) in [4.78, 5) is 2.11. The smallest absolute Gasteiger partial charge is 0.135 e. The van der Waals surface area contributed by atoms with Crippen LogP contribution in [0.25, 0.3) is 11.0 Å². The summed E-state index contributed by atoms with van der Waals surface area (Å²) in [5, 5.41) is 10.2. The molecule has 0 atom stereocenters. The van der Waals surface area contributed by atoms with Gasteiger partial charge in [-0.2, -0.15) is 0 Å². The Morgan fingerprint density at radius 1 is 1.39 bits per heavy atom. The van der Waals surface area contributed by atoms with Gasteiger partial charge in [-0.3, -0.25) is 0 Å². The van der Waals surface area contributed by atoms with E-state index in [1.54, 1.807) is 6.07 Å². The van der Waals surface area contributed by atoms with E-state index < -0.39 is 0 Å². The monoisotopic (exact) mass is 271 g/mol. The van der Waals surface area contributed by atoms with Crippen molar-refractivity contribution in [2.45, 2.75) is 19.6 Å². The normalized spacial score (nSPS) is 15.5. The van der Waals surface area contributed by atoms with E-state index in [2.05, 4.69) is 4.90 Å². The molecule has 5 heteroatoms. The van der Waals surface area contributed by atoms with Crippen molar-refractivity contribution < 1.29 is 13.9 Å². The molecular formula is C13H15ClFNO2. The van der Waals surface area contributed by atoms with Gasteiger partial charge in [-0.05, 0) is 25.6 Å². The number of likely N-dealkylation sites (N-methyl/N-ethyl adjacent to an activating group) is 1. The Bertz CT molecular complexity index is 582. The number of hydrogen-bond acceptors (Lipinski definition) is 3. The average Bonchev–Trinajstić information content (AvgIpc) is 2.56. The molecule has 0 radical (unpaired) electrons. The molecule has 1 aromatic carbocycles. The number of rotatable bonds is 1. The lowest BCUT2D eigenvalue weighted by Crippen LogP contribution is -2.19. The van der Waals surface area contributed by atoms with Gasteiger partial charge in [-0.1, -0.05) is 0 Å². The number of benzene rings is 1. The Kier molecular flexibility index (Phi) is 3.61. The van der Waals surface area contributed by atoms with E-state index in [0.29, 0.717) is 29.9 Å². The Morgan fingerprint density at radius 2 is 2.17 bits per heavy atom. The first-order valence-corrected chi connectivity index (χ1v) is 5.71. The lowest BCUT2D eigenvalue weighted by atomic mass is 10.0. The summed E-state index contributed by atoms with van der Waals surface area (Å²) >= 11 is 0. The standard InChI is InChI=1S/C13H14FNO2.ClH/c1-15-5-4-8-10(14)2-3-11-13(8)9(6-15)12(7-16)17-11;/h2-3,16H,4-7H2,1H3;1H. The van der Waals surface area contributed by atoms with Crippen molar-refractivity contribution in [3.63, 3.8) is 0 Å². The fourth-order valence-electron chi connectivity index (χ4n) is 2.54. The van der Waals surface area contributed by atoms with Crippen LogP contribution in [0.15, 0.2) is 16.5 Å². The van der Waals surface area contributed by atoms with Crippen molar-refractivity contribution in [2.24, 2.45) is 0 Å². The molecule has 1 aliphatic rings. The highest BCUT2D eigenvalue weighted by Gasteiger charge is 2.23. The molecule has 3 rings (SSSR count). The minimum absolute atomic E-state index is 0. The lowest BCUT2D eigenvalue weighted by molar-refractivity contribution is 0.244. The van der Waals surface area contributed by atoms with Crippen molar-refractivity contribution in [3.05, 3.63) is 34.8 Å². The van der Waals surface area contributed by atoms with E-state index in [4.69, 9.17) is 4.42 Å². The molecule has 0 amide bonds. The minimum Gasteiger partial charge on any atom is -0.458 e. The van der Waals surface area contributed by atoms with Crippen molar-refractivity contribution in [1.82, 2.24) is 4.90 Å². The lowest BCUT2D eigenvalue weighted by Gasteiger charge is -2.12. The van der Waals surface area contributed by atoms with Crippen molar-refractivity contribution >= 4 is 23.4 Å². The summed E-state index contributed by atoms with van der Waals surface area (Å²) in [7, 11) is 1.99. The fraction of sp³-hybridized carbons (Fsp3) is 0.385. The molecule has 0 unspecified atom stereocenters. The Labute approximate surface area is 111 Å².